The molecule has 1 amide bonds. The van der Waals surface area contributed by atoms with Crippen LogP contribution >= 0.6 is 11.3 Å². The van der Waals surface area contributed by atoms with E-state index in [1.165, 1.54) is 7.11 Å². The van der Waals surface area contributed by atoms with Gasteiger partial charge in [-0.05, 0) is 30.5 Å². The Balaban J connectivity index is 1.79. The predicted molar refractivity (Wildman–Crippen MR) is 128 cm³/mol. The SMILES string of the molecule is COC(=O)CNC(=O)c1cc2nc(N3CCCC(N)C3)n(Cc3ccccc3C#N)c(=O)c2s1. The minimum absolute atomic E-state index is 0.0386. The molecule has 0 bridgehead atoms. The molecule has 1 aliphatic rings. The van der Waals surface area contributed by atoms with E-state index >= 15 is 0 Å². The number of benzene rings is 1. The molecule has 1 saturated heterocycles. The van der Waals surface area contributed by atoms with Crippen molar-refractivity contribution in [2.75, 3.05) is 31.6 Å². The van der Waals surface area contributed by atoms with Crippen molar-refractivity contribution < 1.29 is 14.3 Å². The van der Waals surface area contributed by atoms with E-state index in [4.69, 9.17) is 10.7 Å². The van der Waals surface area contributed by atoms with E-state index in [0.29, 0.717) is 40.4 Å². The Kier molecular flexibility index (Phi) is 6.90. The molecule has 3 heterocycles. The summed E-state index contributed by atoms with van der Waals surface area (Å²) in [6.07, 6.45) is 1.76. The van der Waals surface area contributed by atoms with Crippen molar-refractivity contribution in [1.82, 2.24) is 14.9 Å². The van der Waals surface area contributed by atoms with Gasteiger partial charge in [-0.2, -0.15) is 5.26 Å². The number of carbonyl (C=O) groups excluding carboxylic acids is 2. The molecule has 1 atom stereocenters. The highest BCUT2D eigenvalue weighted by atomic mass is 32.1. The summed E-state index contributed by atoms with van der Waals surface area (Å²) in [6.45, 7) is 1.13. The fraction of sp³-hybridized carbons (Fsp3) is 0.348. The third-order valence-electron chi connectivity index (χ3n) is 5.67. The van der Waals surface area contributed by atoms with E-state index < -0.39 is 11.9 Å². The molecule has 1 unspecified atom stereocenters. The minimum Gasteiger partial charge on any atom is -0.468 e. The molecule has 0 aliphatic carbocycles. The van der Waals surface area contributed by atoms with Crippen LogP contribution in [0.5, 0.6) is 0 Å². The quantitative estimate of drug-likeness (QED) is 0.501. The molecule has 176 valence electrons. The molecule has 2 aromatic heterocycles. The fourth-order valence-electron chi connectivity index (χ4n) is 3.94. The second-order valence-corrected chi connectivity index (χ2v) is 9.06. The Bertz CT molecular complexity index is 1340. The first-order valence-electron chi connectivity index (χ1n) is 10.8. The van der Waals surface area contributed by atoms with Crippen LogP contribution in [-0.4, -0.2) is 54.2 Å². The largest absolute Gasteiger partial charge is 0.468 e. The van der Waals surface area contributed by atoms with Crippen LogP contribution in [0.3, 0.4) is 0 Å². The topological polar surface area (TPSA) is 143 Å². The molecule has 3 aromatic rings. The highest BCUT2D eigenvalue weighted by molar-refractivity contribution is 7.20. The van der Waals surface area contributed by atoms with Crippen molar-refractivity contribution in [3.63, 3.8) is 0 Å². The summed E-state index contributed by atoms with van der Waals surface area (Å²) in [7, 11) is 1.23. The van der Waals surface area contributed by atoms with Gasteiger partial charge in [-0.1, -0.05) is 18.2 Å². The summed E-state index contributed by atoms with van der Waals surface area (Å²) in [6, 6.07) is 10.8. The van der Waals surface area contributed by atoms with Gasteiger partial charge in [0.2, 0.25) is 5.95 Å². The third-order valence-corrected chi connectivity index (χ3v) is 6.78. The molecule has 0 spiro atoms. The smallest absolute Gasteiger partial charge is 0.325 e. The Morgan fingerprint density at radius 3 is 2.91 bits per heavy atom. The predicted octanol–water partition coefficient (Wildman–Crippen LogP) is 1.21. The summed E-state index contributed by atoms with van der Waals surface area (Å²) in [5.41, 5.74) is 7.46. The van der Waals surface area contributed by atoms with Gasteiger partial charge in [-0.15, -0.1) is 11.3 Å². The number of fused-ring (bicyclic) bond motifs is 1. The number of hydrogen-bond donors (Lipinski definition) is 2. The summed E-state index contributed by atoms with van der Waals surface area (Å²) >= 11 is 1.01. The lowest BCUT2D eigenvalue weighted by Crippen LogP contribution is -2.45. The van der Waals surface area contributed by atoms with Crippen LogP contribution in [-0.2, 0) is 16.1 Å². The van der Waals surface area contributed by atoms with Gasteiger partial charge < -0.3 is 20.7 Å². The number of nitrogens with one attached hydrogen (secondary N) is 1. The van der Waals surface area contributed by atoms with Crippen LogP contribution < -0.4 is 21.5 Å². The number of esters is 1. The number of carbonyl (C=O) groups is 2. The summed E-state index contributed by atoms with van der Waals surface area (Å²) in [5.74, 6) is -0.606. The van der Waals surface area contributed by atoms with E-state index in [0.717, 1.165) is 24.2 Å². The van der Waals surface area contributed by atoms with Crippen LogP contribution in [0, 0.1) is 11.3 Å². The molecule has 1 aromatic carbocycles. The number of methoxy groups -OCH3 is 1. The van der Waals surface area contributed by atoms with Crippen molar-refractivity contribution in [3.8, 4) is 6.07 Å². The number of ether oxygens (including phenoxy) is 1. The Morgan fingerprint density at radius 1 is 1.38 bits per heavy atom. The lowest BCUT2D eigenvalue weighted by molar-refractivity contribution is -0.139. The van der Waals surface area contributed by atoms with Gasteiger partial charge in [0.1, 0.15) is 11.2 Å². The average molecular weight is 481 g/mol. The van der Waals surface area contributed by atoms with E-state index in [1.807, 2.05) is 11.0 Å². The lowest BCUT2D eigenvalue weighted by atomic mass is 10.1. The number of nitriles is 1. The number of anilines is 1. The maximum Gasteiger partial charge on any atom is 0.325 e. The molecule has 1 aliphatic heterocycles. The van der Waals surface area contributed by atoms with Crippen molar-refractivity contribution >= 4 is 39.4 Å². The monoisotopic (exact) mass is 480 g/mol. The van der Waals surface area contributed by atoms with Gasteiger partial charge in [-0.3, -0.25) is 19.0 Å². The van der Waals surface area contributed by atoms with E-state index in [2.05, 4.69) is 16.1 Å². The van der Waals surface area contributed by atoms with Gasteiger partial charge in [0.15, 0.2) is 0 Å². The molecule has 0 saturated carbocycles. The van der Waals surface area contributed by atoms with Gasteiger partial charge in [-0.25, -0.2) is 4.98 Å². The van der Waals surface area contributed by atoms with Crippen LogP contribution in [0.15, 0.2) is 35.1 Å². The number of nitrogens with zero attached hydrogens (tertiary/aromatic N) is 4. The third kappa shape index (κ3) is 4.78. The van der Waals surface area contributed by atoms with Crippen molar-refractivity contribution in [2.45, 2.75) is 25.4 Å². The lowest BCUT2D eigenvalue weighted by Gasteiger charge is -2.33. The van der Waals surface area contributed by atoms with Crippen LogP contribution in [0.25, 0.3) is 10.2 Å². The molecule has 1 fully saturated rings. The summed E-state index contributed by atoms with van der Waals surface area (Å²) in [4.78, 5) is 44.5. The fourth-order valence-corrected chi connectivity index (χ4v) is 4.90. The molecule has 3 N–H and O–H groups in total. The van der Waals surface area contributed by atoms with E-state index in [-0.39, 0.29) is 29.6 Å². The zero-order valence-electron chi connectivity index (χ0n) is 18.6. The number of aromatic nitrogens is 2. The minimum atomic E-state index is -0.574. The maximum absolute atomic E-state index is 13.6. The Hall–Kier alpha value is -3.75. The van der Waals surface area contributed by atoms with Gasteiger partial charge in [0.05, 0.1) is 35.7 Å². The molecular formula is C23H24N6O4S. The zero-order valence-corrected chi connectivity index (χ0v) is 19.4. The number of piperidine rings is 1. The summed E-state index contributed by atoms with van der Waals surface area (Å²) in [5, 5.41) is 12.0. The van der Waals surface area contributed by atoms with Crippen LogP contribution in [0.4, 0.5) is 5.95 Å². The number of amides is 1. The average Bonchev–Trinajstić information content (AvgIpc) is 3.29. The maximum atomic E-state index is 13.6. The first kappa shape index (κ1) is 23.4. The van der Waals surface area contributed by atoms with E-state index in [9.17, 15) is 19.6 Å². The van der Waals surface area contributed by atoms with Crippen LogP contribution in [0.2, 0.25) is 0 Å². The van der Waals surface area contributed by atoms with Crippen LogP contribution in [0.1, 0.15) is 33.6 Å². The van der Waals surface area contributed by atoms with Gasteiger partial charge in [0, 0.05) is 19.1 Å². The second-order valence-electron chi connectivity index (χ2n) is 8.00. The Morgan fingerprint density at radius 2 is 2.18 bits per heavy atom. The molecule has 34 heavy (non-hydrogen) atoms. The number of hydrogen-bond acceptors (Lipinski definition) is 9. The highest BCUT2D eigenvalue weighted by Crippen LogP contribution is 2.26. The van der Waals surface area contributed by atoms with Crippen molar-refractivity contribution in [3.05, 3.63) is 56.7 Å². The number of nitrogens with two attached hydrogens (primary N) is 1. The molecule has 4 rings (SSSR count). The van der Waals surface area contributed by atoms with Crippen molar-refractivity contribution in [1.29, 1.82) is 5.26 Å². The first-order chi connectivity index (χ1) is 16.4. The number of rotatable bonds is 6. The second kappa shape index (κ2) is 10.0. The molecule has 11 heteroatoms. The normalized spacial score (nSPS) is 15.7. The van der Waals surface area contributed by atoms with Crippen molar-refractivity contribution in [2.24, 2.45) is 5.73 Å². The zero-order chi connectivity index (χ0) is 24.2. The highest BCUT2D eigenvalue weighted by Gasteiger charge is 2.25. The number of thiophene rings is 1. The standard InChI is InChI=1S/C23H24N6O4S/c1-33-19(30)11-26-21(31)18-9-17-20(34-18)22(32)29(12-15-6-3-2-5-14(15)10-24)23(27-17)28-8-4-7-16(25)13-28/h2-3,5-6,9,16H,4,7-8,11-13,25H2,1H3,(H,26,31). The Labute approximate surface area is 199 Å². The van der Waals surface area contributed by atoms with Gasteiger partial charge >= 0.3 is 5.97 Å². The summed E-state index contributed by atoms with van der Waals surface area (Å²) < 4.78 is 6.41. The van der Waals surface area contributed by atoms with Gasteiger partial charge in [0.25, 0.3) is 11.5 Å². The van der Waals surface area contributed by atoms with E-state index in [1.54, 1.807) is 28.8 Å². The molecule has 0 radical (unpaired) electrons. The molecule has 10 nitrogen and oxygen atoms in total. The first-order valence-corrected chi connectivity index (χ1v) is 11.6. The molecular weight excluding hydrogens is 456 g/mol.